The van der Waals surface area contributed by atoms with Crippen LogP contribution in [-0.2, 0) is 7.05 Å². The molecule has 1 N–H and O–H groups in total. The minimum Gasteiger partial charge on any atom is -0.411 e. The Morgan fingerprint density at radius 3 is 2.46 bits per heavy atom. The smallest absolute Gasteiger partial charge is 0.250 e. The lowest BCUT2D eigenvalue weighted by Crippen LogP contribution is -2.18. The first kappa shape index (κ1) is 20.6. The molecular formula is C21H17BrCl2N2O2. The van der Waals surface area contributed by atoms with Crippen LogP contribution in [-0.4, -0.2) is 15.5 Å². The second-order valence-corrected chi connectivity index (χ2v) is 8.15. The molecule has 1 aromatic heterocycles. The minimum absolute atomic E-state index is 0.133. The van der Waals surface area contributed by atoms with Gasteiger partial charge in [-0.2, -0.15) is 0 Å². The molecule has 0 radical (unpaired) electrons. The molecule has 1 unspecified atom stereocenters. The third-order valence-electron chi connectivity index (χ3n) is 4.55. The van der Waals surface area contributed by atoms with Crippen LogP contribution in [0.15, 0.2) is 75.2 Å². The van der Waals surface area contributed by atoms with E-state index in [0.717, 1.165) is 15.6 Å². The Morgan fingerprint density at radius 1 is 1.14 bits per heavy atom. The molecule has 0 saturated heterocycles. The summed E-state index contributed by atoms with van der Waals surface area (Å²) in [4.78, 5) is 11.7. The number of benzene rings is 2. The third kappa shape index (κ3) is 4.66. The van der Waals surface area contributed by atoms with Gasteiger partial charge in [0.25, 0.3) is 0 Å². The zero-order valence-corrected chi connectivity index (χ0v) is 18.0. The standard InChI is InChI=1S/C21H17BrCl2N2O2/c1-26-12-14(4-9-21(26)27)20(25-28)11-18(13-2-5-15(22)6-3-13)17-8-7-16(23)10-19(17)24/h2-10,12,18,28H,11H2,1H3/b25-20+. The first-order chi connectivity index (χ1) is 13.4. The summed E-state index contributed by atoms with van der Waals surface area (Å²) in [6, 6.07) is 16.4. The van der Waals surface area contributed by atoms with Gasteiger partial charge in [0.05, 0.1) is 5.71 Å². The van der Waals surface area contributed by atoms with E-state index in [2.05, 4.69) is 21.1 Å². The topological polar surface area (TPSA) is 54.6 Å². The van der Waals surface area contributed by atoms with Crippen LogP contribution in [0.3, 0.4) is 0 Å². The fourth-order valence-corrected chi connectivity index (χ4v) is 3.87. The highest BCUT2D eigenvalue weighted by Gasteiger charge is 2.21. The Bertz CT molecular complexity index is 1080. The number of hydrogen-bond donors (Lipinski definition) is 1. The molecule has 2 aromatic carbocycles. The van der Waals surface area contributed by atoms with E-state index in [1.165, 1.54) is 10.6 Å². The highest BCUT2D eigenvalue weighted by Crippen LogP contribution is 2.36. The normalized spacial score (nSPS) is 12.8. The second-order valence-electron chi connectivity index (χ2n) is 6.39. The number of nitrogens with zero attached hydrogens (tertiary/aromatic N) is 2. The predicted molar refractivity (Wildman–Crippen MR) is 117 cm³/mol. The number of aryl methyl sites for hydroxylation is 1. The van der Waals surface area contributed by atoms with E-state index in [9.17, 15) is 10.0 Å². The van der Waals surface area contributed by atoms with Crippen LogP contribution in [0, 0.1) is 0 Å². The summed E-state index contributed by atoms with van der Waals surface area (Å²) in [5.41, 5.74) is 2.87. The summed E-state index contributed by atoms with van der Waals surface area (Å²) >= 11 is 16.0. The van der Waals surface area contributed by atoms with Crippen molar-refractivity contribution in [3.8, 4) is 0 Å². The van der Waals surface area contributed by atoms with Crippen molar-refractivity contribution in [2.75, 3.05) is 0 Å². The molecule has 0 aliphatic rings. The van der Waals surface area contributed by atoms with Gasteiger partial charge in [-0.25, -0.2) is 0 Å². The van der Waals surface area contributed by atoms with Crippen LogP contribution in [0.2, 0.25) is 10.0 Å². The van der Waals surface area contributed by atoms with Gasteiger partial charge in [0.2, 0.25) is 5.56 Å². The van der Waals surface area contributed by atoms with Crippen molar-refractivity contribution in [2.45, 2.75) is 12.3 Å². The SMILES string of the molecule is Cn1cc(/C(CC(c2ccc(Br)cc2)c2ccc(Cl)cc2Cl)=N/O)ccc1=O. The maximum atomic E-state index is 11.7. The number of aromatic nitrogens is 1. The fraction of sp³-hybridized carbons (Fsp3) is 0.143. The van der Waals surface area contributed by atoms with Crippen LogP contribution in [0.25, 0.3) is 0 Å². The van der Waals surface area contributed by atoms with Gasteiger partial charge in [-0.15, -0.1) is 0 Å². The maximum Gasteiger partial charge on any atom is 0.250 e. The van der Waals surface area contributed by atoms with E-state index in [0.29, 0.717) is 27.7 Å². The van der Waals surface area contributed by atoms with E-state index in [1.54, 1.807) is 31.4 Å². The summed E-state index contributed by atoms with van der Waals surface area (Å²) < 4.78 is 2.41. The van der Waals surface area contributed by atoms with E-state index >= 15 is 0 Å². The minimum atomic E-state index is -0.166. The number of oxime groups is 1. The lowest BCUT2D eigenvalue weighted by Gasteiger charge is -2.20. The quantitative estimate of drug-likeness (QED) is 0.283. The average Bonchev–Trinajstić information content (AvgIpc) is 2.67. The van der Waals surface area contributed by atoms with E-state index in [-0.39, 0.29) is 11.5 Å². The zero-order chi connectivity index (χ0) is 20.3. The maximum absolute atomic E-state index is 11.7. The molecule has 0 aliphatic carbocycles. The number of rotatable bonds is 5. The largest absolute Gasteiger partial charge is 0.411 e. The highest BCUT2D eigenvalue weighted by molar-refractivity contribution is 9.10. The van der Waals surface area contributed by atoms with Gasteiger partial charge >= 0.3 is 0 Å². The van der Waals surface area contributed by atoms with Gasteiger partial charge in [-0.1, -0.05) is 62.5 Å². The van der Waals surface area contributed by atoms with Crippen LogP contribution in [0.5, 0.6) is 0 Å². The van der Waals surface area contributed by atoms with Crippen LogP contribution in [0.4, 0.5) is 0 Å². The monoisotopic (exact) mass is 478 g/mol. The lowest BCUT2D eigenvalue weighted by atomic mass is 9.85. The molecule has 0 bridgehead atoms. The van der Waals surface area contributed by atoms with Gasteiger partial charge in [-0.3, -0.25) is 4.79 Å². The van der Waals surface area contributed by atoms with E-state index in [4.69, 9.17) is 23.2 Å². The van der Waals surface area contributed by atoms with Gasteiger partial charge < -0.3 is 9.77 Å². The highest BCUT2D eigenvalue weighted by atomic mass is 79.9. The van der Waals surface area contributed by atoms with Crippen molar-refractivity contribution in [3.63, 3.8) is 0 Å². The summed E-state index contributed by atoms with van der Waals surface area (Å²) in [6.45, 7) is 0. The molecule has 28 heavy (non-hydrogen) atoms. The van der Waals surface area contributed by atoms with Crippen molar-refractivity contribution < 1.29 is 5.21 Å². The zero-order valence-electron chi connectivity index (χ0n) is 14.9. The molecule has 3 rings (SSSR count). The Kier molecular flexibility index (Phi) is 6.60. The summed E-state index contributed by atoms with van der Waals surface area (Å²) in [7, 11) is 1.66. The van der Waals surface area contributed by atoms with Gasteiger partial charge in [0.1, 0.15) is 0 Å². The van der Waals surface area contributed by atoms with Crippen molar-refractivity contribution in [2.24, 2.45) is 12.2 Å². The molecule has 7 heteroatoms. The Labute approximate surface area is 181 Å². The molecule has 4 nitrogen and oxygen atoms in total. The van der Waals surface area contributed by atoms with Crippen molar-refractivity contribution >= 4 is 44.8 Å². The molecule has 0 fully saturated rings. The molecule has 3 aromatic rings. The molecule has 0 amide bonds. The second kappa shape index (κ2) is 8.95. The summed E-state index contributed by atoms with van der Waals surface area (Å²) in [6.07, 6.45) is 2.04. The molecule has 0 saturated carbocycles. The van der Waals surface area contributed by atoms with Gasteiger partial charge in [0, 0.05) is 51.7 Å². The van der Waals surface area contributed by atoms with E-state index < -0.39 is 0 Å². The van der Waals surface area contributed by atoms with Crippen LogP contribution < -0.4 is 5.56 Å². The first-order valence-electron chi connectivity index (χ1n) is 8.47. The van der Waals surface area contributed by atoms with Crippen molar-refractivity contribution in [3.05, 3.63) is 102 Å². The Morgan fingerprint density at radius 2 is 1.86 bits per heavy atom. The average molecular weight is 480 g/mol. The molecule has 0 spiro atoms. The molecule has 144 valence electrons. The molecule has 1 atom stereocenters. The van der Waals surface area contributed by atoms with Gasteiger partial charge in [-0.05, 0) is 41.5 Å². The summed E-state index contributed by atoms with van der Waals surface area (Å²) in [5, 5.41) is 14.3. The van der Waals surface area contributed by atoms with Crippen molar-refractivity contribution in [1.29, 1.82) is 0 Å². The molecule has 1 heterocycles. The summed E-state index contributed by atoms with van der Waals surface area (Å²) in [5.74, 6) is -0.166. The van der Waals surface area contributed by atoms with Crippen molar-refractivity contribution in [1.82, 2.24) is 4.57 Å². The number of hydrogen-bond acceptors (Lipinski definition) is 3. The Hall–Kier alpha value is -2.08. The molecular weight excluding hydrogens is 463 g/mol. The Balaban J connectivity index is 2.06. The van der Waals surface area contributed by atoms with Gasteiger partial charge in [0.15, 0.2) is 0 Å². The van der Waals surface area contributed by atoms with Crippen LogP contribution in [0.1, 0.15) is 29.0 Å². The predicted octanol–water partition coefficient (Wildman–Crippen LogP) is 5.86. The number of pyridine rings is 1. The fourth-order valence-electron chi connectivity index (χ4n) is 3.06. The third-order valence-corrected chi connectivity index (χ3v) is 5.64. The number of halogens is 3. The van der Waals surface area contributed by atoms with E-state index in [1.807, 2.05) is 30.3 Å². The first-order valence-corrected chi connectivity index (χ1v) is 10.0. The van der Waals surface area contributed by atoms with Crippen LogP contribution >= 0.6 is 39.1 Å². The lowest BCUT2D eigenvalue weighted by molar-refractivity contribution is 0.317. The molecule has 0 aliphatic heterocycles.